The van der Waals surface area contributed by atoms with Crippen LogP contribution in [0.2, 0.25) is 0 Å². The Labute approximate surface area is 129 Å². The third kappa shape index (κ3) is 5.02. The lowest BCUT2D eigenvalue weighted by Crippen LogP contribution is -2.21. The summed E-state index contributed by atoms with van der Waals surface area (Å²) in [5.74, 6) is 0. The van der Waals surface area contributed by atoms with Crippen molar-refractivity contribution in [3.05, 3.63) is 70.8 Å². The smallest absolute Gasteiger partial charge is 0.0291 e. The van der Waals surface area contributed by atoms with Crippen LogP contribution in [0.4, 0.5) is 0 Å². The maximum atomic E-state index is 3.62. The van der Waals surface area contributed by atoms with Crippen molar-refractivity contribution in [1.82, 2.24) is 5.32 Å². The van der Waals surface area contributed by atoms with Crippen molar-refractivity contribution in [2.75, 3.05) is 6.54 Å². The van der Waals surface area contributed by atoms with Gasteiger partial charge in [-0.15, -0.1) is 0 Å². The van der Waals surface area contributed by atoms with Crippen LogP contribution in [0, 0.1) is 6.92 Å². The Morgan fingerprint density at radius 2 is 1.71 bits per heavy atom. The number of rotatable bonds is 7. The number of nitrogens with one attached hydrogen (secondary N) is 1. The molecule has 112 valence electrons. The first-order valence-electron chi connectivity index (χ1n) is 8.07. The molecule has 0 aliphatic carbocycles. The van der Waals surface area contributed by atoms with Crippen molar-refractivity contribution in [3.63, 3.8) is 0 Å². The van der Waals surface area contributed by atoms with Crippen LogP contribution < -0.4 is 5.32 Å². The average Bonchev–Trinajstić information content (AvgIpc) is 2.48. The van der Waals surface area contributed by atoms with Gasteiger partial charge in [0, 0.05) is 6.04 Å². The normalized spacial score (nSPS) is 12.3. The van der Waals surface area contributed by atoms with E-state index in [0.29, 0.717) is 6.04 Å². The van der Waals surface area contributed by atoms with Gasteiger partial charge in [0.15, 0.2) is 0 Å². The first-order valence-corrected chi connectivity index (χ1v) is 8.07. The summed E-state index contributed by atoms with van der Waals surface area (Å²) in [6, 6.07) is 18.2. The Morgan fingerprint density at radius 1 is 0.952 bits per heavy atom. The highest BCUT2D eigenvalue weighted by molar-refractivity contribution is 5.25. The van der Waals surface area contributed by atoms with Gasteiger partial charge in [0.2, 0.25) is 0 Å². The number of benzene rings is 2. The van der Waals surface area contributed by atoms with E-state index in [4.69, 9.17) is 0 Å². The second kappa shape index (κ2) is 7.99. The van der Waals surface area contributed by atoms with Crippen LogP contribution in [0.25, 0.3) is 0 Å². The predicted octanol–water partition coefficient (Wildman–Crippen LogP) is 4.84. The third-order valence-corrected chi connectivity index (χ3v) is 3.97. The largest absolute Gasteiger partial charge is 0.310 e. The van der Waals surface area contributed by atoms with E-state index in [-0.39, 0.29) is 0 Å². The van der Waals surface area contributed by atoms with Crippen LogP contribution in [-0.2, 0) is 12.8 Å². The van der Waals surface area contributed by atoms with Gasteiger partial charge in [-0.1, -0.05) is 67.4 Å². The molecule has 0 saturated carbocycles. The molecule has 2 aromatic rings. The van der Waals surface area contributed by atoms with Gasteiger partial charge in [-0.05, 0) is 49.9 Å². The van der Waals surface area contributed by atoms with Crippen LogP contribution in [-0.4, -0.2) is 6.54 Å². The molecule has 0 aliphatic rings. The molecule has 0 radical (unpaired) electrons. The van der Waals surface area contributed by atoms with E-state index < -0.39 is 0 Å². The van der Waals surface area contributed by atoms with Crippen molar-refractivity contribution < 1.29 is 0 Å². The first kappa shape index (κ1) is 15.8. The van der Waals surface area contributed by atoms with Crippen molar-refractivity contribution >= 4 is 0 Å². The summed E-state index contributed by atoms with van der Waals surface area (Å²) >= 11 is 0. The summed E-state index contributed by atoms with van der Waals surface area (Å²) < 4.78 is 0. The van der Waals surface area contributed by atoms with E-state index in [2.05, 4.69) is 74.6 Å². The molecule has 0 saturated heterocycles. The topological polar surface area (TPSA) is 12.0 Å². The maximum absolute atomic E-state index is 3.62. The minimum absolute atomic E-state index is 0.408. The highest BCUT2D eigenvalue weighted by Gasteiger charge is 2.04. The summed E-state index contributed by atoms with van der Waals surface area (Å²) in [7, 11) is 0. The molecule has 21 heavy (non-hydrogen) atoms. The lowest BCUT2D eigenvalue weighted by molar-refractivity contribution is 0.576. The lowest BCUT2D eigenvalue weighted by Gasteiger charge is -2.15. The standard InChI is InChI=1S/C20H27N/c1-4-6-18-9-11-20(12-10-18)17(3)21-14-13-19-8-5-7-16(2)15-19/h5,7-12,15,17,21H,4,6,13-14H2,1-3H3. The predicted molar refractivity (Wildman–Crippen MR) is 91.7 cm³/mol. The summed E-state index contributed by atoms with van der Waals surface area (Å²) in [5, 5.41) is 3.62. The summed E-state index contributed by atoms with van der Waals surface area (Å²) in [6.45, 7) is 7.63. The second-order valence-corrected chi connectivity index (χ2v) is 5.91. The lowest BCUT2D eigenvalue weighted by atomic mass is 10.0. The zero-order valence-electron chi connectivity index (χ0n) is 13.5. The highest BCUT2D eigenvalue weighted by atomic mass is 14.9. The van der Waals surface area contributed by atoms with Gasteiger partial charge in [0.1, 0.15) is 0 Å². The van der Waals surface area contributed by atoms with Gasteiger partial charge < -0.3 is 5.32 Å². The Balaban J connectivity index is 1.82. The Bertz CT molecular complexity index is 542. The Morgan fingerprint density at radius 3 is 2.38 bits per heavy atom. The van der Waals surface area contributed by atoms with Gasteiger partial charge in [-0.2, -0.15) is 0 Å². The van der Waals surface area contributed by atoms with Crippen molar-refractivity contribution in [1.29, 1.82) is 0 Å². The molecule has 0 aliphatic heterocycles. The zero-order valence-corrected chi connectivity index (χ0v) is 13.5. The van der Waals surface area contributed by atoms with Gasteiger partial charge in [-0.3, -0.25) is 0 Å². The molecule has 1 nitrogen and oxygen atoms in total. The molecular formula is C20H27N. The molecule has 1 atom stereocenters. The molecular weight excluding hydrogens is 254 g/mol. The number of hydrogen-bond donors (Lipinski definition) is 1. The monoisotopic (exact) mass is 281 g/mol. The van der Waals surface area contributed by atoms with Crippen LogP contribution in [0.1, 0.15) is 48.6 Å². The molecule has 0 fully saturated rings. The van der Waals surface area contributed by atoms with Crippen molar-refractivity contribution in [2.45, 2.75) is 46.1 Å². The first-order chi connectivity index (χ1) is 10.2. The molecule has 0 spiro atoms. The average molecular weight is 281 g/mol. The molecule has 0 aromatic heterocycles. The molecule has 1 heteroatoms. The molecule has 2 rings (SSSR count). The molecule has 0 bridgehead atoms. The van der Waals surface area contributed by atoms with E-state index in [0.717, 1.165) is 13.0 Å². The summed E-state index contributed by atoms with van der Waals surface area (Å²) in [5.41, 5.74) is 5.56. The van der Waals surface area contributed by atoms with Gasteiger partial charge in [0.05, 0.1) is 0 Å². The van der Waals surface area contributed by atoms with E-state index in [1.54, 1.807) is 0 Å². The highest BCUT2D eigenvalue weighted by Crippen LogP contribution is 2.14. The number of hydrogen-bond acceptors (Lipinski definition) is 1. The van der Waals surface area contributed by atoms with Gasteiger partial charge in [-0.25, -0.2) is 0 Å². The van der Waals surface area contributed by atoms with Crippen LogP contribution in [0.3, 0.4) is 0 Å². The number of aryl methyl sites for hydroxylation is 2. The molecule has 2 aromatic carbocycles. The van der Waals surface area contributed by atoms with Crippen LogP contribution >= 0.6 is 0 Å². The maximum Gasteiger partial charge on any atom is 0.0291 e. The fourth-order valence-electron chi connectivity index (χ4n) is 2.68. The molecule has 0 amide bonds. The Kier molecular flexibility index (Phi) is 6.01. The van der Waals surface area contributed by atoms with E-state index in [9.17, 15) is 0 Å². The Hall–Kier alpha value is -1.60. The van der Waals surface area contributed by atoms with E-state index >= 15 is 0 Å². The zero-order chi connectivity index (χ0) is 15.1. The fourth-order valence-corrected chi connectivity index (χ4v) is 2.68. The van der Waals surface area contributed by atoms with Crippen LogP contribution in [0.5, 0.6) is 0 Å². The SMILES string of the molecule is CCCc1ccc(C(C)NCCc2cccc(C)c2)cc1. The fraction of sp³-hybridized carbons (Fsp3) is 0.400. The quantitative estimate of drug-likeness (QED) is 0.765. The van der Waals surface area contributed by atoms with Gasteiger partial charge in [0.25, 0.3) is 0 Å². The molecule has 1 N–H and O–H groups in total. The minimum Gasteiger partial charge on any atom is -0.310 e. The van der Waals surface area contributed by atoms with Crippen molar-refractivity contribution in [3.8, 4) is 0 Å². The van der Waals surface area contributed by atoms with Crippen LogP contribution in [0.15, 0.2) is 48.5 Å². The van der Waals surface area contributed by atoms with E-state index in [1.807, 2.05) is 0 Å². The molecule has 1 unspecified atom stereocenters. The van der Waals surface area contributed by atoms with Gasteiger partial charge >= 0.3 is 0 Å². The summed E-state index contributed by atoms with van der Waals surface area (Å²) in [6.07, 6.45) is 3.47. The van der Waals surface area contributed by atoms with Crippen molar-refractivity contribution in [2.24, 2.45) is 0 Å². The van der Waals surface area contributed by atoms with E-state index in [1.165, 1.54) is 35.1 Å². The third-order valence-electron chi connectivity index (χ3n) is 3.97. The summed E-state index contributed by atoms with van der Waals surface area (Å²) in [4.78, 5) is 0. The second-order valence-electron chi connectivity index (χ2n) is 5.91. The minimum atomic E-state index is 0.408. The molecule has 0 heterocycles.